The molecule has 2 heterocycles. The third-order valence-corrected chi connectivity index (χ3v) is 7.02. The van der Waals surface area contributed by atoms with Gasteiger partial charge in [-0.15, -0.1) is 0 Å². The van der Waals surface area contributed by atoms with Crippen molar-refractivity contribution in [2.24, 2.45) is 0 Å². The first-order valence-electron chi connectivity index (χ1n) is 8.45. The number of carbonyl (C=O) groups is 1. The van der Waals surface area contributed by atoms with Crippen LogP contribution in [0.1, 0.15) is 31.5 Å². The second kappa shape index (κ2) is 6.76. The summed E-state index contributed by atoms with van der Waals surface area (Å²) in [6, 6.07) is 7.86. The highest BCUT2D eigenvalue weighted by molar-refractivity contribution is 7.90. The number of carbonyl (C=O) groups excluding carboxylic acids is 1. The molecule has 1 amide bonds. The molecule has 1 N–H and O–H groups in total. The molecule has 0 bridgehead atoms. The molecule has 25 heavy (non-hydrogen) atoms. The number of sulfonamides is 1. The lowest BCUT2D eigenvalue weighted by molar-refractivity contribution is -0.128. The van der Waals surface area contributed by atoms with Crippen molar-refractivity contribution in [1.82, 2.24) is 19.2 Å². The van der Waals surface area contributed by atoms with E-state index in [1.807, 2.05) is 24.3 Å². The van der Waals surface area contributed by atoms with Gasteiger partial charge in [0.2, 0.25) is 15.9 Å². The van der Waals surface area contributed by atoms with Gasteiger partial charge in [0, 0.05) is 33.1 Å². The van der Waals surface area contributed by atoms with E-state index in [1.165, 1.54) is 16.1 Å². The van der Waals surface area contributed by atoms with Gasteiger partial charge in [0.25, 0.3) is 0 Å². The van der Waals surface area contributed by atoms with Gasteiger partial charge < -0.3 is 9.88 Å². The quantitative estimate of drug-likeness (QED) is 0.892. The van der Waals surface area contributed by atoms with Gasteiger partial charge in [-0.05, 0) is 31.9 Å². The number of H-pyrrole nitrogens is 1. The van der Waals surface area contributed by atoms with Gasteiger partial charge in [-0.1, -0.05) is 12.1 Å². The SMILES string of the molecule is C[C@H](C(=O)N(C)C)S(=O)(=O)N1CCC(c2nc3ccccc3[nH]2)CC1. The second-order valence-corrected chi connectivity index (χ2v) is 8.99. The zero-order chi connectivity index (χ0) is 18.2. The average molecular weight is 364 g/mol. The van der Waals surface area contributed by atoms with E-state index in [2.05, 4.69) is 9.97 Å². The summed E-state index contributed by atoms with van der Waals surface area (Å²) in [4.78, 5) is 21.3. The zero-order valence-corrected chi connectivity index (χ0v) is 15.6. The number of rotatable bonds is 4. The summed E-state index contributed by atoms with van der Waals surface area (Å²) in [7, 11) is -0.482. The third-order valence-electron chi connectivity index (χ3n) is 4.84. The van der Waals surface area contributed by atoms with Crippen LogP contribution in [0, 0.1) is 0 Å². The van der Waals surface area contributed by atoms with Crippen molar-refractivity contribution < 1.29 is 13.2 Å². The van der Waals surface area contributed by atoms with Gasteiger partial charge in [0.15, 0.2) is 5.25 Å². The maximum Gasteiger partial charge on any atom is 0.241 e. The number of imidazole rings is 1. The van der Waals surface area contributed by atoms with Gasteiger partial charge in [-0.3, -0.25) is 4.79 Å². The molecule has 0 aliphatic carbocycles. The fourth-order valence-electron chi connectivity index (χ4n) is 3.26. The van der Waals surface area contributed by atoms with Crippen LogP contribution in [-0.4, -0.2) is 65.9 Å². The van der Waals surface area contributed by atoms with Crippen LogP contribution in [0.3, 0.4) is 0 Å². The molecule has 7 nitrogen and oxygen atoms in total. The Morgan fingerprint density at radius 3 is 2.52 bits per heavy atom. The summed E-state index contributed by atoms with van der Waals surface area (Å²) in [5, 5.41) is -1.05. The molecule has 8 heteroatoms. The van der Waals surface area contributed by atoms with Gasteiger partial charge in [-0.25, -0.2) is 17.7 Å². The van der Waals surface area contributed by atoms with E-state index in [9.17, 15) is 13.2 Å². The molecular formula is C17H24N4O3S. The van der Waals surface area contributed by atoms with E-state index in [1.54, 1.807) is 14.1 Å². The van der Waals surface area contributed by atoms with Crippen molar-refractivity contribution in [3.05, 3.63) is 30.1 Å². The van der Waals surface area contributed by atoms with Crippen molar-refractivity contribution in [2.75, 3.05) is 27.2 Å². The van der Waals surface area contributed by atoms with E-state index >= 15 is 0 Å². The minimum Gasteiger partial charge on any atom is -0.348 e. The lowest BCUT2D eigenvalue weighted by Crippen LogP contribution is -2.47. The number of aromatic nitrogens is 2. The highest BCUT2D eigenvalue weighted by Crippen LogP contribution is 2.29. The Balaban J connectivity index is 1.69. The first kappa shape index (κ1) is 17.9. The molecule has 1 saturated heterocycles. The Kier molecular flexibility index (Phi) is 4.83. The summed E-state index contributed by atoms with van der Waals surface area (Å²) in [5.74, 6) is 0.730. The number of hydrogen-bond acceptors (Lipinski definition) is 4. The monoisotopic (exact) mass is 364 g/mol. The predicted molar refractivity (Wildman–Crippen MR) is 96.7 cm³/mol. The van der Waals surface area contributed by atoms with Gasteiger partial charge in [0.05, 0.1) is 11.0 Å². The van der Waals surface area contributed by atoms with Gasteiger partial charge in [0.1, 0.15) is 5.82 Å². The molecular weight excluding hydrogens is 340 g/mol. The van der Waals surface area contributed by atoms with Crippen molar-refractivity contribution in [3.63, 3.8) is 0 Å². The molecule has 0 radical (unpaired) electrons. The number of piperidine rings is 1. The summed E-state index contributed by atoms with van der Waals surface area (Å²) in [6.45, 7) is 2.28. The fourth-order valence-corrected chi connectivity index (χ4v) is 4.90. The molecule has 1 aliphatic heterocycles. The lowest BCUT2D eigenvalue weighted by Gasteiger charge is -2.32. The van der Waals surface area contributed by atoms with Crippen LogP contribution < -0.4 is 0 Å². The molecule has 2 aromatic rings. The standard InChI is InChI=1S/C17H24N4O3S/c1-12(17(22)20(2)3)25(23,24)21-10-8-13(9-11-21)16-18-14-6-4-5-7-15(14)19-16/h4-7,12-13H,8-11H2,1-3H3,(H,18,19)/t12-/m1/s1. The van der Waals surface area contributed by atoms with Crippen LogP contribution >= 0.6 is 0 Å². The zero-order valence-electron chi connectivity index (χ0n) is 14.8. The third kappa shape index (κ3) is 3.41. The minimum absolute atomic E-state index is 0.207. The predicted octanol–water partition coefficient (Wildman–Crippen LogP) is 1.55. The molecule has 1 aliphatic rings. The molecule has 136 valence electrons. The summed E-state index contributed by atoms with van der Waals surface area (Å²) in [5.41, 5.74) is 1.93. The number of nitrogens with one attached hydrogen (secondary N) is 1. The van der Waals surface area contributed by atoms with E-state index in [4.69, 9.17) is 0 Å². The maximum absolute atomic E-state index is 12.7. The number of para-hydroxylation sites is 2. The van der Waals surface area contributed by atoms with Gasteiger partial charge in [-0.2, -0.15) is 0 Å². The number of aromatic amines is 1. The minimum atomic E-state index is -3.63. The van der Waals surface area contributed by atoms with E-state index in [-0.39, 0.29) is 11.8 Å². The summed E-state index contributed by atoms with van der Waals surface area (Å²) in [6.07, 6.45) is 1.39. The Bertz CT molecular complexity index is 834. The molecule has 0 saturated carbocycles. The van der Waals surface area contributed by atoms with Crippen LogP contribution in [0.5, 0.6) is 0 Å². The van der Waals surface area contributed by atoms with Crippen LogP contribution in [-0.2, 0) is 14.8 Å². The van der Waals surface area contributed by atoms with Crippen molar-refractivity contribution in [2.45, 2.75) is 30.9 Å². The average Bonchev–Trinajstić information content (AvgIpc) is 3.04. The summed E-state index contributed by atoms with van der Waals surface area (Å²) >= 11 is 0. The van der Waals surface area contributed by atoms with Crippen LogP contribution in [0.2, 0.25) is 0 Å². The molecule has 0 unspecified atom stereocenters. The molecule has 1 fully saturated rings. The van der Waals surface area contributed by atoms with E-state index in [0.29, 0.717) is 25.9 Å². The molecule has 3 rings (SSSR count). The Morgan fingerprint density at radius 1 is 1.28 bits per heavy atom. The van der Waals surface area contributed by atoms with E-state index in [0.717, 1.165) is 16.9 Å². The number of nitrogens with zero attached hydrogens (tertiary/aromatic N) is 3. The molecule has 1 aromatic carbocycles. The van der Waals surface area contributed by atoms with Crippen molar-refractivity contribution in [1.29, 1.82) is 0 Å². The van der Waals surface area contributed by atoms with Crippen LogP contribution in [0.15, 0.2) is 24.3 Å². The Labute approximate surface area is 148 Å². The first-order valence-corrected chi connectivity index (χ1v) is 9.96. The van der Waals surface area contributed by atoms with Crippen molar-refractivity contribution >= 4 is 27.0 Å². The molecule has 1 atom stereocenters. The largest absolute Gasteiger partial charge is 0.348 e. The fraction of sp³-hybridized carbons (Fsp3) is 0.529. The van der Waals surface area contributed by atoms with Crippen LogP contribution in [0.4, 0.5) is 0 Å². The number of benzene rings is 1. The molecule has 1 aromatic heterocycles. The second-order valence-electron chi connectivity index (χ2n) is 6.73. The normalized spacial score (nSPS) is 18.4. The Morgan fingerprint density at radius 2 is 1.92 bits per heavy atom. The number of hydrogen-bond donors (Lipinski definition) is 1. The lowest BCUT2D eigenvalue weighted by atomic mass is 9.97. The number of amides is 1. The summed E-state index contributed by atoms with van der Waals surface area (Å²) < 4.78 is 26.8. The topological polar surface area (TPSA) is 86.4 Å². The number of fused-ring (bicyclic) bond motifs is 1. The smallest absolute Gasteiger partial charge is 0.241 e. The maximum atomic E-state index is 12.7. The highest BCUT2D eigenvalue weighted by atomic mass is 32.2. The van der Waals surface area contributed by atoms with Crippen LogP contribution in [0.25, 0.3) is 11.0 Å². The highest BCUT2D eigenvalue weighted by Gasteiger charge is 2.37. The van der Waals surface area contributed by atoms with E-state index < -0.39 is 15.3 Å². The molecule has 0 spiro atoms. The first-order chi connectivity index (χ1) is 11.8. The van der Waals surface area contributed by atoms with Crippen molar-refractivity contribution in [3.8, 4) is 0 Å². The van der Waals surface area contributed by atoms with Gasteiger partial charge >= 0.3 is 0 Å². The Hall–Kier alpha value is -1.93.